The number of amides is 1. The first kappa shape index (κ1) is 19.7. The molecule has 142 valence electrons. The number of thiazole rings is 1. The topological polar surface area (TPSA) is 69.0 Å². The van der Waals surface area contributed by atoms with E-state index >= 15 is 0 Å². The Balaban J connectivity index is 1.92. The first-order valence-electron chi connectivity index (χ1n) is 9.21. The number of carbonyl (C=O) groups excluding carboxylic acids is 1. The van der Waals surface area contributed by atoms with Crippen molar-refractivity contribution < 1.29 is 4.79 Å². The van der Waals surface area contributed by atoms with Crippen molar-refractivity contribution in [1.29, 1.82) is 5.26 Å². The molecule has 1 heterocycles. The Hall–Kier alpha value is -2.04. The molecule has 1 amide bonds. The van der Waals surface area contributed by atoms with Gasteiger partial charge in [0, 0.05) is 23.4 Å². The fourth-order valence-corrected chi connectivity index (χ4v) is 4.71. The molecule has 7 heteroatoms. The Kier molecular flexibility index (Phi) is 6.75. The van der Waals surface area contributed by atoms with E-state index in [0.717, 1.165) is 22.2 Å². The van der Waals surface area contributed by atoms with Crippen molar-refractivity contribution >= 4 is 40.0 Å². The quantitative estimate of drug-likeness (QED) is 0.687. The summed E-state index contributed by atoms with van der Waals surface area (Å²) < 4.78 is 2.76. The zero-order chi connectivity index (χ0) is 19.2. The average molecular weight is 401 g/mol. The molecule has 0 radical (unpaired) electrons. The number of carbonyl (C=O) groups is 1. The molecule has 3 rings (SSSR count). The second-order valence-electron chi connectivity index (χ2n) is 6.81. The summed E-state index contributed by atoms with van der Waals surface area (Å²) in [6.07, 6.45) is 8.18. The van der Waals surface area contributed by atoms with Crippen LogP contribution in [0.3, 0.4) is 0 Å². The van der Waals surface area contributed by atoms with Gasteiger partial charge in [-0.15, -0.1) is 11.3 Å². The van der Waals surface area contributed by atoms with Crippen LogP contribution in [0.15, 0.2) is 24.3 Å². The van der Waals surface area contributed by atoms with Crippen LogP contribution in [-0.2, 0) is 0 Å². The number of nitrogens with one attached hydrogen (secondary N) is 1. The van der Waals surface area contributed by atoms with Gasteiger partial charge in [-0.3, -0.25) is 9.52 Å². The third kappa shape index (κ3) is 4.82. The Labute approximate surface area is 168 Å². The van der Waals surface area contributed by atoms with E-state index in [4.69, 9.17) is 5.26 Å². The molecule has 1 saturated carbocycles. The van der Waals surface area contributed by atoms with Crippen LogP contribution in [0, 0.1) is 24.2 Å². The average Bonchev–Trinajstić information content (AvgIpc) is 3.09. The second kappa shape index (κ2) is 9.25. The van der Waals surface area contributed by atoms with Gasteiger partial charge in [-0.2, -0.15) is 5.26 Å². The van der Waals surface area contributed by atoms with E-state index in [0.29, 0.717) is 17.2 Å². The van der Waals surface area contributed by atoms with E-state index in [1.807, 2.05) is 37.4 Å². The van der Waals surface area contributed by atoms with Crippen molar-refractivity contribution in [1.82, 2.24) is 9.71 Å². The molecule has 0 aliphatic heterocycles. The molecule has 0 unspecified atom stereocenters. The van der Waals surface area contributed by atoms with Crippen LogP contribution in [0.5, 0.6) is 0 Å². The van der Waals surface area contributed by atoms with E-state index in [-0.39, 0.29) is 5.91 Å². The van der Waals surface area contributed by atoms with E-state index in [1.165, 1.54) is 44.1 Å². The van der Waals surface area contributed by atoms with Crippen molar-refractivity contribution in [3.63, 3.8) is 0 Å². The van der Waals surface area contributed by atoms with Crippen LogP contribution in [-0.4, -0.2) is 23.7 Å². The van der Waals surface area contributed by atoms with Gasteiger partial charge in [0.05, 0.1) is 11.6 Å². The van der Waals surface area contributed by atoms with Crippen molar-refractivity contribution in [2.24, 2.45) is 5.92 Å². The lowest BCUT2D eigenvalue weighted by Crippen LogP contribution is -2.26. The summed E-state index contributed by atoms with van der Waals surface area (Å²) in [6.45, 7) is 2.83. The summed E-state index contributed by atoms with van der Waals surface area (Å²) in [5.41, 5.74) is 2.16. The van der Waals surface area contributed by atoms with Gasteiger partial charge in [0.15, 0.2) is 5.13 Å². The number of aromatic nitrogens is 1. The summed E-state index contributed by atoms with van der Waals surface area (Å²) in [6, 6.07) is 9.79. The summed E-state index contributed by atoms with van der Waals surface area (Å²) in [4.78, 5) is 20.1. The fourth-order valence-electron chi connectivity index (χ4n) is 3.49. The van der Waals surface area contributed by atoms with E-state index in [9.17, 15) is 4.79 Å². The number of aryl methyl sites for hydroxylation is 1. The lowest BCUT2D eigenvalue weighted by Gasteiger charge is -2.29. The van der Waals surface area contributed by atoms with Crippen LogP contribution in [0.1, 0.15) is 53.0 Å². The second-order valence-corrected chi connectivity index (χ2v) is 8.60. The third-order valence-electron chi connectivity index (χ3n) is 4.90. The van der Waals surface area contributed by atoms with Gasteiger partial charge >= 0.3 is 0 Å². The molecule has 0 atom stereocenters. The highest BCUT2D eigenvalue weighted by Gasteiger charge is 2.23. The molecule has 1 N–H and O–H groups in total. The number of nitriles is 1. The zero-order valence-electron chi connectivity index (χ0n) is 15.7. The molecule has 27 heavy (non-hydrogen) atoms. The van der Waals surface area contributed by atoms with Crippen molar-refractivity contribution in [3.8, 4) is 6.07 Å². The summed E-state index contributed by atoms with van der Waals surface area (Å²) in [5, 5.41) is 9.92. The number of nitrogens with zero attached hydrogens (tertiary/aromatic N) is 3. The van der Waals surface area contributed by atoms with Gasteiger partial charge in [-0.25, -0.2) is 4.98 Å². The maximum Gasteiger partial charge on any atom is 0.280 e. The maximum absolute atomic E-state index is 12.3. The molecular weight excluding hydrogens is 376 g/mol. The van der Waals surface area contributed by atoms with E-state index in [2.05, 4.69) is 20.7 Å². The lowest BCUT2D eigenvalue weighted by atomic mass is 9.89. The largest absolute Gasteiger partial charge is 0.318 e. The molecule has 1 aromatic heterocycles. The molecule has 0 saturated heterocycles. The summed E-state index contributed by atoms with van der Waals surface area (Å²) >= 11 is 2.83. The van der Waals surface area contributed by atoms with Gasteiger partial charge in [0.25, 0.3) is 5.91 Å². The van der Waals surface area contributed by atoms with Crippen LogP contribution in [0.2, 0.25) is 0 Å². The number of hydrogen-bond acceptors (Lipinski definition) is 6. The predicted molar refractivity (Wildman–Crippen MR) is 113 cm³/mol. The summed E-state index contributed by atoms with van der Waals surface area (Å²) in [7, 11) is 0. The van der Waals surface area contributed by atoms with Crippen molar-refractivity contribution in [3.05, 3.63) is 40.4 Å². The van der Waals surface area contributed by atoms with Gasteiger partial charge in [0.1, 0.15) is 5.69 Å². The zero-order valence-corrected chi connectivity index (χ0v) is 17.3. The standard InChI is InChI=1S/C20H24N4OS2/c1-14-18(19(25)23-26-2)22-20(27-14)24(13-16-6-4-3-5-7-16)17-10-8-15(12-21)9-11-17/h8-11,16H,3-7,13H2,1-2H3,(H,23,25). The molecule has 0 bridgehead atoms. The predicted octanol–water partition coefficient (Wildman–Crippen LogP) is 5.05. The molecule has 1 aliphatic rings. The Bertz CT molecular complexity index is 819. The molecule has 1 aliphatic carbocycles. The van der Waals surface area contributed by atoms with E-state index < -0.39 is 0 Å². The van der Waals surface area contributed by atoms with Crippen LogP contribution < -0.4 is 9.62 Å². The van der Waals surface area contributed by atoms with Crippen molar-refractivity contribution in [2.75, 3.05) is 17.7 Å². The van der Waals surface area contributed by atoms with Crippen LogP contribution >= 0.6 is 23.3 Å². The number of rotatable bonds is 6. The monoisotopic (exact) mass is 400 g/mol. The Morgan fingerprint density at radius 2 is 2.04 bits per heavy atom. The smallest absolute Gasteiger partial charge is 0.280 e. The highest BCUT2D eigenvalue weighted by molar-refractivity contribution is 7.97. The normalized spacial score (nSPS) is 14.6. The molecule has 5 nitrogen and oxygen atoms in total. The van der Waals surface area contributed by atoms with Gasteiger partial charge in [0.2, 0.25) is 0 Å². The first-order valence-corrected chi connectivity index (χ1v) is 11.2. The highest BCUT2D eigenvalue weighted by atomic mass is 32.2. The Morgan fingerprint density at radius 1 is 1.33 bits per heavy atom. The van der Waals surface area contributed by atoms with Gasteiger partial charge in [-0.1, -0.05) is 31.2 Å². The van der Waals surface area contributed by atoms with Crippen LogP contribution in [0.25, 0.3) is 0 Å². The molecule has 1 fully saturated rings. The van der Waals surface area contributed by atoms with Crippen LogP contribution in [0.4, 0.5) is 10.8 Å². The number of hydrogen-bond donors (Lipinski definition) is 1. The molecule has 2 aromatic rings. The number of benzene rings is 1. The minimum Gasteiger partial charge on any atom is -0.318 e. The SMILES string of the molecule is CSNC(=O)c1nc(N(CC2CCCCC2)c2ccc(C#N)cc2)sc1C. The van der Waals surface area contributed by atoms with E-state index in [1.54, 1.807) is 11.3 Å². The summed E-state index contributed by atoms with van der Waals surface area (Å²) in [5.74, 6) is 0.474. The fraction of sp³-hybridized carbons (Fsp3) is 0.450. The third-order valence-corrected chi connectivity index (χ3v) is 6.28. The highest BCUT2D eigenvalue weighted by Crippen LogP contribution is 2.35. The minimum absolute atomic E-state index is 0.153. The molecule has 1 aromatic carbocycles. The number of anilines is 2. The van der Waals surface area contributed by atoms with Gasteiger partial charge < -0.3 is 4.90 Å². The molecule has 0 spiro atoms. The molecular formula is C20H24N4OS2. The lowest BCUT2D eigenvalue weighted by molar-refractivity contribution is 0.0980. The van der Waals surface area contributed by atoms with Crippen molar-refractivity contribution in [2.45, 2.75) is 39.0 Å². The maximum atomic E-state index is 12.3. The Morgan fingerprint density at radius 3 is 2.67 bits per heavy atom. The first-order chi connectivity index (χ1) is 13.1. The minimum atomic E-state index is -0.153. The van der Waals surface area contributed by atoms with Gasteiger partial charge in [-0.05, 0) is 49.9 Å².